The molecule has 0 bridgehead atoms. The largest absolute Gasteiger partial charge is 0.338 e. The van der Waals surface area contributed by atoms with Crippen LogP contribution in [0.2, 0.25) is 0 Å². The number of carbonyl (C=O) groups excluding carboxylic acids is 1. The Balaban J connectivity index is 1.53. The third-order valence-electron chi connectivity index (χ3n) is 4.66. The van der Waals surface area contributed by atoms with Gasteiger partial charge < -0.3 is 9.47 Å². The van der Waals surface area contributed by atoms with E-state index in [0.717, 1.165) is 38.0 Å². The summed E-state index contributed by atoms with van der Waals surface area (Å²) in [6.07, 6.45) is 9.21. The quantitative estimate of drug-likeness (QED) is 0.792. The van der Waals surface area contributed by atoms with E-state index in [1.54, 1.807) is 6.20 Å². The summed E-state index contributed by atoms with van der Waals surface area (Å²) in [5, 5.41) is 6.74. The van der Waals surface area contributed by atoms with Gasteiger partial charge in [-0.1, -0.05) is 18.2 Å². The Bertz CT molecular complexity index is 827. The van der Waals surface area contributed by atoms with Crippen LogP contribution in [0.25, 0.3) is 11.4 Å². The van der Waals surface area contributed by atoms with Gasteiger partial charge in [-0.2, -0.15) is 5.10 Å². The van der Waals surface area contributed by atoms with Crippen molar-refractivity contribution in [2.75, 3.05) is 13.1 Å². The lowest BCUT2D eigenvalue weighted by molar-refractivity contribution is 0.0663. The number of nitrogens with zero attached hydrogens (tertiary/aromatic N) is 5. The van der Waals surface area contributed by atoms with Gasteiger partial charge in [0.15, 0.2) is 5.82 Å². The summed E-state index contributed by atoms with van der Waals surface area (Å²) in [4.78, 5) is 23.4. The molecule has 3 heterocycles. The van der Waals surface area contributed by atoms with E-state index in [9.17, 15) is 4.79 Å². The lowest BCUT2D eigenvalue weighted by Crippen LogP contribution is -2.41. The standard InChI is InChI=1S/C18H20N6O/c25-18(16-6-2-1-5-15(16)17-20-12-21-22-17)24-8-3-4-14(11-24)10-23-9-7-19-13-23/h1-2,5-7,9,12-14H,3-4,8,10-11H2,(H,20,21,22). The summed E-state index contributed by atoms with van der Waals surface area (Å²) in [7, 11) is 0. The van der Waals surface area contributed by atoms with Gasteiger partial charge in [-0.25, -0.2) is 9.97 Å². The minimum absolute atomic E-state index is 0.0577. The Morgan fingerprint density at radius 2 is 2.24 bits per heavy atom. The fraction of sp³-hybridized carbons (Fsp3) is 0.333. The molecule has 1 atom stereocenters. The Kier molecular flexibility index (Phi) is 4.28. The molecule has 1 amide bonds. The molecule has 7 heteroatoms. The maximum Gasteiger partial charge on any atom is 0.254 e. The molecular weight excluding hydrogens is 316 g/mol. The fourth-order valence-electron chi connectivity index (χ4n) is 3.47. The number of imidazole rings is 1. The third-order valence-corrected chi connectivity index (χ3v) is 4.66. The molecule has 128 valence electrons. The molecule has 1 aliphatic rings. The van der Waals surface area contributed by atoms with Crippen LogP contribution in [-0.4, -0.2) is 48.6 Å². The zero-order chi connectivity index (χ0) is 17.1. The van der Waals surface area contributed by atoms with Crippen LogP contribution in [0.5, 0.6) is 0 Å². The summed E-state index contributed by atoms with van der Waals surface area (Å²) in [5.41, 5.74) is 1.46. The molecule has 4 rings (SSSR count). The first kappa shape index (κ1) is 15.6. The summed E-state index contributed by atoms with van der Waals surface area (Å²) < 4.78 is 2.08. The van der Waals surface area contributed by atoms with E-state index in [0.29, 0.717) is 17.3 Å². The van der Waals surface area contributed by atoms with Crippen LogP contribution in [-0.2, 0) is 6.54 Å². The number of hydrogen-bond acceptors (Lipinski definition) is 4. The molecule has 7 nitrogen and oxygen atoms in total. The molecular formula is C18H20N6O. The predicted octanol–water partition coefficient (Wildman–Crippen LogP) is 2.22. The van der Waals surface area contributed by atoms with Crippen LogP contribution in [0.1, 0.15) is 23.2 Å². The van der Waals surface area contributed by atoms with Crippen LogP contribution < -0.4 is 0 Å². The van der Waals surface area contributed by atoms with Gasteiger partial charge in [0.05, 0.1) is 11.9 Å². The van der Waals surface area contributed by atoms with Gasteiger partial charge in [0, 0.05) is 37.6 Å². The number of aromatic nitrogens is 5. The number of piperidine rings is 1. The van der Waals surface area contributed by atoms with E-state index < -0.39 is 0 Å². The monoisotopic (exact) mass is 336 g/mol. The molecule has 1 saturated heterocycles. The number of rotatable bonds is 4. The average molecular weight is 336 g/mol. The van der Waals surface area contributed by atoms with E-state index in [1.165, 1.54) is 6.33 Å². The fourth-order valence-corrected chi connectivity index (χ4v) is 3.47. The molecule has 0 spiro atoms. The third kappa shape index (κ3) is 3.31. The molecule has 3 aromatic rings. The van der Waals surface area contributed by atoms with Crippen molar-refractivity contribution in [1.82, 2.24) is 29.6 Å². The highest BCUT2D eigenvalue weighted by Crippen LogP contribution is 2.24. The van der Waals surface area contributed by atoms with Crippen molar-refractivity contribution in [1.29, 1.82) is 0 Å². The minimum atomic E-state index is 0.0577. The Morgan fingerprint density at radius 3 is 3.04 bits per heavy atom. The molecule has 1 unspecified atom stereocenters. The van der Waals surface area contributed by atoms with Gasteiger partial charge in [-0.3, -0.25) is 9.89 Å². The maximum atomic E-state index is 13.1. The van der Waals surface area contributed by atoms with Crippen molar-refractivity contribution in [3.05, 3.63) is 54.9 Å². The molecule has 25 heavy (non-hydrogen) atoms. The van der Waals surface area contributed by atoms with Gasteiger partial charge in [-0.15, -0.1) is 0 Å². The molecule has 1 fully saturated rings. The Hall–Kier alpha value is -2.96. The number of nitrogens with one attached hydrogen (secondary N) is 1. The first-order valence-corrected chi connectivity index (χ1v) is 8.51. The second kappa shape index (κ2) is 6.88. The number of benzene rings is 1. The van der Waals surface area contributed by atoms with Crippen molar-refractivity contribution in [3.8, 4) is 11.4 Å². The zero-order valence-corrected chi connectivity index (χ0v) is 13.9. The van der Waals surface area contributed by atoms with Gasteiger partial charge >= 0.3 is 0 Å². The van der Waals surface area contributed by atoms with Crippen molar-refractivity contribution in [3.63, 3.8) is 0 Å². The summed E-state index contributed by atoms with van der Waals surface area (Å²) in [6, 6.07) is 7.56. The van der Waals surface area contributed by atoms with Gasteiger partial charge in [-0.05, 0) is 24.8 Å². The molecule has 0 saturated carbocycles. The molecule has 1 N–H and O–H groups in total. The van der Waals surface area contributed by atoms with E-state index in [1.807, 2.05) is 41.7 Å². The van der Waals surface area contributed by atoms with Crippen LogP contribution >= 0.6 is 0 Å². The van der Waals surface area contributed by atoms with Crippen LogP contribution in [0, 0.1) is 5.92 Å². The second-order valence-corrected chi connectivity index (χ2v) is 6.40. The average Bonchev–Trinajstić information content (AvgIpc) is 3.35. The number of H-pyrrole nitrogens is 1. The normalized spacial score (nSPS) is 17.6. The van der Waals surface area contributed by atoms with Crippen LogP contribution in [0.15, 0.2) is 49.3 Å². The van der Waals surface area contributed by atoms with E-state index in [-0.39, 0.29) is 5.91 Å². The van der Waals surface area contributed by atoms with Crippen LogP contribution in [0.3, 0.4) is 0 Å². The molecule has 0 radical (unpaired) electrons. The lowest BCUT2D eigenvalue weighted by atomic mass is 9.96. The summed E-state index contributed by atoms with van der Waals surface area (Å²) in [5.74, 6) is 1.13. The number of likely N-dealkylation sites (tertiary alicyclic amines) is 1. The lowest BCUT2D eigenvalue weighted by Gasteiger charge is -2.33. The smallest absolute Gasteiger partial charge is 0.254 e. The summed E-state index contributed by atoms with van der Waals surface area (Å²) >= 11 is 0. The Labute approximate surface area is 145 Å². The van der Waals surface area contributed by atoms with Crippen molar-refractivity contribution >= 4 is 5.91 Å². The van der Waals surface area contributed by atoms with Crippen molar-refractivity contribution < 1.29 is 4.79 Å². The first-order chi connectivity index (χ1) is 12.3. The van der Waals surface area contributed by atoms with Gasteiger partial charge in [0.2, 0.25) is 0 Å². The first-order valence-electron chi connectivity index (χ1n) is 8.51. The minimum Gasteiger partial charge on any atom is -0.338 e. The number of amides is 1. The highest BCUT2D eigenvalue weighted by atomic mass is 16.2. The summed E-state index contributed by atoms with van der Waals surface area (Å²) in [6.45, 7) is 2.46. The Morgan fingerprint density at radius 1 is 1.32 bits per heavy atom. The predicted molar refractivity (Wildman–Crippen MR) is 92.7 cm³/mol. The van der Waals surface area contributed by atoms with E-state index in [4.69, 9.17) is 0 Å². The van der Waals surface area contributed by atoms with E-state index >= 15 is 0 Å². The number of aromatic amines is 1. The van der Waals surface area contributed by atoms with Crippen molar-refractivity contribution in [2.24, 2.45) is 5.92 Å². The molecule has 1 aromatic carbocycles. The highest BCUT2D eigenvalue weighted by Gasteiger charge is 2.26. The molecule has 2 aromatic heterocycles. The number of hydrogen-bond donors (Lipinski definition) is 1. The topological polar surface area (TPSA) is 79.7 Å². The van der Waals surface area contributed by atoms with E-state index in [2.05, 4.69) is 24.7 Å². The maximum absolute atomic E-state index is 13.1. The molecule has 1 aliphatic heterocycles. The molecule has 0 aliphatic carbocycles. The number of carbonyl (C=O) groups is 1. The van der Waals surface area contributed by atoms with Gasteiger partial charge in [0.1, 0.15) is 6.33 Å². The van der Waals surface area contributed by atoms with Crippen molar-refractivity contribution in [2.45, 2.75) is 19.4 Å². The van der Waals surface area contributed by atoms with Gasteiger partial charge in [0.25, 0.3) is 5.91 Å². The zero-order valence-electron chi connectivity index (χ0n) is 13.9. The highest BCUT2D eigenvalue weighted by molar-refractivity contribution is 6.00. The second-order valence-electron chi connectivity index (χ2n) is 6.40. The SMILES string of the molecule is O=C(c1ccccc1-c1ncn[nH]1)N1CCCC(Cn2ccnc2)C1. The van der Waals surface area contributed by atoms with Crippen LogP contribution in [0.4, 0.5) is 0 Å².